The molecule has 2 aromatic rings. The second-order valence-corrected chi connectivity index (χ2v) is 5.40. The Morgan fingerprint density at radius 2 is 1.58 bits per heavy atom. The van der Waals surface area contributed by atoms with E-state index in [-0.39, 0.29) is 0 Å². The van der Waals surface area contributed by atoms with Gasteiger partial charge in [-0.25, -0.2) is 0 Å². The molecule has 0 spiro atoms. The predicted molar refractivity (Wildman–Crippen MR) is 82.9 cm³/mol. The van der Waals surface area contributed by atoms with E-state index in [0.29, 0.717) is 6.04 Å². The second-order valence-electron chi connectivity index (χ2n) is 4.97. The molecule has 0 aromatic heterocycles. The standard InChI is InChI=1S/C17H20ClN/c1-12-5-4-6-13(2)16(12)11-17(19-3)14-7-9-15(18)10-8-14/h4-10,17,19H,11H2,1-3H3. The van der Waals surface area contributed by atoms with Gasteiger partial charge in [-0.2, -0.15) is 0 Å². The molecule has 0 heterocycles. The average Bonchev–Trinajstić information content (AvgIpc) is 2.40. The van der Waals surface area contributed by atoms with E-state index < -0.39 is 0 Å². The van der Waals surface area contributed by atoms with Crippen molar-refractivity contribution in [2.45, 2.75) is 26.3 Å². The van der Waals surface area contributed by atoms with E-state index >= 15 is 0 Å². The van der Waals surface area contributed by atoms with Crippen LogP contribution in [0.1, 0.15) is 28.3 Å². The molecule has 0 saturated heterocycles. The molecule has 19 heavy (non-hydrogen) atoms. The zero-order valence-corrected chi connectivity index (χ0v) is 12.5. The SMILES string of the molecule is CNC(Cc1c(C)cccc1C)c1ccc(Cl)cc1. The molecular weight excluding hydrogens is 254 g/mol. The van der Waals surface area contributed by atoms with E-state index in [1.807, 2.05) is 19.2 Å². The fourth-order valence-corrected chi connectivity index (χ4v) is 2.58. The van der Waals surface area contributed by atoms with Crippen molar-refractivity contribution in [1.82, 2.24) is 5.32 Å². The monoisotopic (exact) mass is 273 g/mol. The molecule has 0 aliphatic carbocycles. The number of halogens is 1. The highest BCUT2D eigenvalue weighted by atomic mass is 35.5. The van der Waals surface area contributed by atoms with Gasteiger partial charge in [0.05, 0.1) is 0 Å². The molecule has 0 aliphatic rings. The van der Waals surface area contributed by atoms with Crippen LogP contribution in [0.25, 0.3) is 0 Å². The lowest BCUT2D eigenvalue weighted by atomic mass is 9.93. The van der Waals surface area contributed by atoms with Gasteiger partial charge in [-0.3, -0.25) is 0 Å². The van der Waals surface area contributed by atoms with Crippen LogP contribution in [-0.2, 0) is 6.42 Å². The van der Waals surface area contributed by atoms with Crippen LogP contribution in [0.15, 0.2) is 42.5 Å². The summed E-state index contributed by atoms with van der Waals surface area (Å²) in [5.41, 5.74) is 5.41. The first-order valence-corrected chi connectivity index (χ1v) is 6.97. The Morgan fingerprint density at radius 1 is 1.00 bits per heavy atom. The summed E-state index contributed by atoms with van der Waals surface area (Å²) in [4.78, 5) is 0. The molecule has 0 fully saturated rings. The highest BCUT2D eigenvalue weighted by Gasteiger charge is 2.12. The molecule has 2 rings (SSSR count). The summed E-state index contributed by atoms with van der Waals surface area (Å²) in [5.74, 6) is 0. The van der Waals surface area contributed by atoms with E-state index in [4.69, 9.17) is 11.6 Å². The second kappa shape index (κ2) is 6.23. The molecular formula is C17H20ClN. The largest absolute Gasteiger partial charge is 0.313 e. The van der Waals surface area contributed by atoms with E-state index in [9.17, 15) is 0 Å². The summed E-state index contributed by atoms with van der Waals surface area (Å²) in [7, 11) is 2.01. The molecule has 1 unspecified atom stereocenters. The minimum Gasteiger partial charge on any atom is -0.313 e. The first-order chi connectivity index (χ1) is 9.11. The summed E-state index contributed by atoms with van der Waals surface area (Å²) in [6.45, 7) is 4.35. The summed E-state index contributed by atoms with van der Waals surface area (Å²) >= 11 is 5.95. The lowest BCUT2D eigenvalue weighted by molar-refractivity contribution is 0.589. The first kappa shape index (κ1) is 14.1. The van der Waals surface area contributed by atoms with Crippen molar-refractivity contribution < 1.29 is 0 Å². The van der Waals surface area contributed by atoms with Crippen molar-refractivity contribution in [3.8, 4) is 0 Å². The van der Waals surface area contributed by atoms with Crippen molar-refractivity contribution in [2.75, 3.05) is 7.05 Å². The van der Waals surface area contributed by atoms with Crippen molar-refractivity contribution >= 4 is 11.6 Å². The number of nitrogens with one attached hydrogen (secondary N) is 1. The molecule has 1 N–H and O–H groups in total. The number of hydrogen-bond donors (Lipinski definition) is 1. The van der Waals surface area contributed by atoms with Crippen LogP contribution >= 0.6 is 11.6 Å². The Kier molecular flexibility index (Phi) is 4.62. The van der Waals surface area contributed by atoms with Crippen LogP contribution in [0.3, 0.4) is 0 Å². The quantitative estimate of drug-likeness (QED) is 0.867. The predicted octanol–water partition coefficient (Wildman–Crippen LogP) is 4.46. The van der Waals surface area contributed by atoms with Crippen LogP contribution in [0.2, 0.25) is 5.02 Å². The highest BCUT2D eigenvalue weighted by Crippen LogP contribution is 2.23. The summed E-state index contributed by atoms with van der Waals surface area (Å²) < 4.78 is 0. The first-order valence-electron chi connectivity index (χ1n) is 6.59. The molecule has 0 amide bonds. The van der Waals surface area contributed by atoms with Gasteiger partial charge in [-0.05, 0) is 61.7 Å². The number of rotatable bonds is 4. The molecule has 0 aliphatic heterocycles. The molecule has 0 bridgehead atoms. The van der Waals surface area contributed by atoms with Gasteiger partial charge in [0.2, 0.25) is 0 Å². The molecule has 100 valence electrons. The van der Waals surface area contributed by atoms with Gasteiger partial charge in [0, 0.05) is 11.1 Å². The van der Waals surface area contributed by atoms with Crippen LogP contribution in [0, 0.1) is 13.8 Å². The molecule has 0 saturated carbocycles. The van der Waals surface area contributed by atoms with E-state index in [1.165, 1.54) is 22.3 Å². The Hall–Kier alpha value is -1.31. The van der Waals surface area contributed by atoms with Crippen LogP contribution in [0.4, 0.5) is 0 Å². The van der Waals surface area contributed by atoms with E-state index in [1.54, 1.807) is 0 Å². The number of hydrogen-bond acceptors (Lipinski definition) is 1. The van der Waals surface area contributed by atoms with Crippen molar-refractivity contribution in [3.63, 3.8) is 0 Å². The van der Waals surface area contributed by atoms with E-state index in [2.05, 4.69) is 49.5 Å². The van der Waals surface area contributed by atoms with Crippen molar-refractivity contribution in [3.05, 3.63) is 69.7 Å². The molecule has 2 heteroatoms. The fourth-order valence-electron chi connectivity index (χ4n) is 2.46. The van der Waals surface area contributed by atoms with Crippen LogP contribution in [-0.4, -0.2) is 7.05 Å². The summed E-state index contributed by atoms with van der Waals surface area (Å²) in [5, 5.41) is 4.18. The topological polar surface area (TPSA) is 12.0 Å². The molecule has 1 nitrogen and oxygen atoms in total. The van der Waals surface area contributed by atoms with Crippen molar-refractivity contribution in [1.29, 1.82) is 0 Å². The molecule has 0 radical (unpaired) electrons. The third kappa shape index (κ3) is 3.37. The van der Waals surface area contributed by atoms with Gasteiger partial charge < -0.3 is 5.32 Å². The van der Waals surface area contributed by atoms with Gasteiger partial charge in [-0.15, -0.1) is 0 Å². The van der Waals surface area contributed by atoms with Crippen LogP contribution in [0.5, 0.6) is 0 Å². The Morgan fingerprint density at radius 3 is 2.11 bits per heavy atom. The summed E-state index contributed by atoms with van der Waals surface area (Å²) in [6, 6.07) is 14.9. The average molecular weight is 274 g/mol. The lowest BCUT2D eigenvalue weighted by Crippen LogP contribution is -2.19. The maximum atomic E-state index is 5.95. The molecule has 1 atom stereocenters. The van der Waals surface area contributed by atoms with Crippen LogP contribution < -0.4 is 5.32 Å². The maximum Gasteiger partial charge on any atom is 0.0406 e. The van der Waals surface area contributed by atoms with Gasteiger partial charge in [0.25, 0.3) is 0 Å². The number of likely N-dealkylation sites (N-methyl/N-ethyl adjacent to an activating group) is 1. The zero-order chi connectivity index (χ0) is 13.8. The Labute approximate surface area is 120 Å². The normalized spacial score (nSPS) is 12.4. The van der Waals surface area contributed by atoms with Gasteiger partial charge in [-0.1, -0.05) is 41.9 Å². The minimum absolute atomic E-state index is 0.317. The maximum absolute atomic E-state index is 5.95. The smallest absolute Gasteiger partial charge is 0.0406 e. The van der Waals surface area contributed by atoms with Crippen molar-refractivity contribution in [2.24, 2.45) is 0 Å². The summed E-state index contributed by atoms with van der Waals surface area (Å²) in [6.07, 6.45) is 0.997. The third-order valence-electron chi connectivity index (χ3n) is 3.67. The minimum atomic E-state index is 0.317. The fraction of sp³-hybridized carbons (Fsp3) is 0.294. The number of aryl methyl sites for hydroxylation is 2. The van der Waals surface area contributed by atoms with E-state index in [0.717, 1.165) is 11.4 Å². The lowest BCUT2D eigenvalue weighted by Gasteiger charge is -2.19. The zero-order valence-electron chi connectivity index (χ0n) is 11.7. The Balaban J connectivity index is 2.26. The highest BCUT2D eigenvalue weighted by molar-refractivity contribution is 6.30. The van der Waals surface area contributed by atoms with Gasteiger partial charge in [0.1, 0.15) is 0 Å². The third-order valence-corrected chi connectivity index (χ3v) is 3.93. The molecule has 2 aromatic carbocycles. The van der Waals surface area contributed by atoms with Gasteiger partial charge >= 0.3 is 0 Å². The Bertz CT molecular complexity index is 525. The number of benzene rings is 2. The van der Waals surface area contributed by atoms with Gasteiger partial charge in [0.15, 0.2) is 0 Å².